The molecule has 0 radical (unpaired) electrons. The van der Waals surface area contributed by atoms with Crippen LogP contribution in [0.4, 0.5) is 0 Å². The van der Waals surface area contributed by atoms with Crippen LogP contribution in [0.25, 0.3) is 0 Å². The van der Waals surface area contributed by atoms with Crippen molar-refractivity contribution in [2.75, 3.05) is 7.05 Å². The maximum atomic E-state index is 6.25. The van der Waals surface area contributed by atoms with Crippen LogP contribution in [0.5, 0.6) is 0 Å². The van der Waals surface area contributed by atoms with Crippen molar-refractivity contribution in [3.8, 4) is 0 Å². The number of nitrogens with one attached hydrogen (secondary N) is 1. The highest BCUT2D eigenvalue weighted by atomic mass is 79.9. The zero-order valence-electron chi connectivity index (χ0n) is 10.3. The molecule has 0 fully saturated rings. The number of aryl methyl sites for hydroxylation is 1. The first-order chi connectivity index (χ1) is 8.67. The second kappa shape index (κ2) is 5.87. The molecule has 1 aromatic heterocycles. The Labute approximate surface area is 120 Å². The Morgan fingerprint density at radius 3 is 2.61 bits per heavy atom. The van der Waals surface area contributed by atoms with Gasteiger partial charge in [-0.15, -0.1) is 0 Å². The Kier molecular flexibility index (Phi) is 4.43. The van der Waals surface area contributed by atoms with E-state index in [1.807, 2.05) is 23.9 Å². The molecule has 18 heavy (non-hydrogen) atoms. The maximum Gasteiger partial charge on any atom is 0.0837 e. The Hall–Kier alpha value is -0.840. The van der Waals surface area contributed by atoms with Crippen LogP contribution in [0.2, 0.25) is 5.02 Å². The van der Waals surface area contributed by atoms with E-state index in [1.165, 1.54) is 0 Å². The quantitative estimate of drug-likeness (QED) is 0.929. The summed E-state index contributed by atoms with van der Waals surface area (Å²) in [6.45, 7) is 2.86. The second-order valence-electron chi connectivity index (χ2n) is 3.97. The van der Waals surface area contributed by atoms with Gasteiger partial charge in [0.05, 0.1) is 23.0 Å². The van der Waals surface area contributed by atoms with Crippen LogP contribution in [0, 0.1) is 0 Å². The summed E-state index contributed by atoms with van der Waals surface area (Å²) in [7, 11) is 1.93. The number of rotatable bonds is 4. The molecule has 1 N–H and O–H groups in total. The lowest BCUT2D eigenvalue weighted by molar-refractivity contribution is 0.563. The van der Waals surface area contributed by atoms with Crippen molar-refractivity contribution in [2.24, 2.45) is 0 Å². The van der Waals surface area contributed by atoms with Gasteiger partial charge in [-0.1, -0.05) is 39.7 Å². The molecule has 1 unspecified atom stereocenters. The van der Waals surface area contributed by atoms with Crippen LogP contribution in [-0.4, -0.2) is 16.8 Å². The van der Waals surface area contributed by atoms with Gasteiger partial charge in [-0.05, 0) is 31.7 Å². The molecule has 0 amide bonds. The zero-order valence-corrected chi connectivity index (χ0v) is 12.7. The van der Waals surface area contributed by atoms with Gasteiger partial charge in [-0.2, -0.15) is 5.10 Å². The van der Waals surface area contributed by atoms with Gasteiger partial charge < -0.3 is 5.32 Å². The fourth-order valence-corrected chi connectivity index (χ4v) is 2.54. The number of nitrogens with zero attached hydrogens (tertiary/aromatic N) is 2. The highest BCUT2D eigenvalue weighted by Crippen LogP contribution is 2.28. The number of hydrogen-bond acceptors (Lipinski definition) is 2. The van der Waals surface area contributed by atoms with Gasteiger partial charge in [-0.3, -0.25) is 4.68 Å². The van der Waals surface area contributed by atoms with E-state index >= 15 is 0 Å². The second-order valence-corrected chi connectivity index (χ2v) is 5.29. The van der Waals surface area contributed by atoms with E-state index in [-0.39, 0.29) is 6.04 Å². The van der Waals surface area contributed by atoms with Crippen LogP contribution >= 0.6 is 27.5 Å². The van der Waals surface area contributed by atoms with E-state index in [0.717, 1.165) is 22.3 Å². The largest absolute Gasteiger partial charge is 0.308 e. The summed E-state index contributed by atoms with van der Waals surface area (Å²) in [4.78, 5) is 0. The van der Waals surface area contributed by atoms with E-state index in [2.05, 4.69) is 45.4 Å². The van der Waals surface area contributed by atoms with Crippen LogP contribution < -0.4 is 5.32 Å². The minimum Gasteiger partial charge on any atom is -0.308 e. The highest BCUT2D eigenvalue weighted by molar-refractivity contribution is 9.10. The SMILES string of the molecule is CCn1ncc(Cl)c1C(NC)c1ccc(Br)cc1. The van der Waals surface area contributed by atoms with E-state index in [9.17, 15) is 0 Å². The van der Waals surface area contributed by atoms with Crippen molar-refractivity contribution >= 4 is 27.5 Å². The van der Waals surface area contributed by atoms with Crippen molar-refractivity contribution < 1.29 is 0 Å². The van der Waals surface area contributed by atoms with Crippen molar-refractivity contribution in [3.63, 3.8) is 0 Å². The summed E-state index contributed by atoms with van der Waals surface area (Å²) >= 11 is 9.69. The Morgan fingerprint density at radius 1 is 1.39 bits per heavy atom. The van der Waals surface area contributed by atoms with Gasteiger partial charge in [-0.25, -0.2) is 0 Å². The Balaban J connectivity index is 2.44. The van der Waals surface area contributed by atoms with Crippen molar-refractivity contribution in [3.05, 3.63) is 51.2 Å². The molecule has 2 rings (SSSR count). The lowest BCUT2D eigenvalue weighted by atomic mass is 10.0. The molecule has 0 aliphatic carbocycles. The smallest absolute Gasteiger partial charge is 0.0837 e. The molecule has 2 aromatic rings. The molecule has 0 spiro atoms. The first-order valence-electron chi connectivity index (χ1n) is 5.81. The summed E-state index contributed by atoms with van der Waals surface area (Å²) in [5.74, 6) is 0. The van der Waals surface area contributed by atoms with Gasteiger partial charge >= 0.3 is 0 Å². The summed E-state index contributed by atoms with van der Waals surface area (Å²) < 4.78 is 2.99. The van der Waals surface area contributed by atoms with E-state index < -0.39 is 0 Å². The third-order valence-electron chi connectivity index (χ3n) is 2.90. The predicted octanol–water partition coefficient (Wildman–Crippen LogP) is 3.63. The monoisotopic (exact) mass is 327 g/mol. The first-order valence-corrected chi connectivity index (χ1v) is 6.98. The number of hydrogen-bond donors (Lipinski definition) is 1. The third kappa shape index (κ3) is 2.60. The number of benzene rings is 1. The molecule has 3 nitrogen and oxygen atoms in total. The summed E-state index contributed by atoms with van der Waals surface area (Å²) in [5.41, 5.74) is 2.17. The molecule has 96 valence electrons. The first kappa shape index (κ1) is 13.6. The Morgan fingerprint density at radius 2 is 2.06 bits per heavy atom. The maximum absolute atomic E-state index is 6.25. The minimum atomic E-state index is 0.0491. The van der Waals surface area contributed by atoms with Crippen molar-refractivity contribution in [1.82, 2.24) is 15.1 Å². The standard InChI is InChI=1S/C13H15BrClN3/c1-3-18-13(11(15)8-17-18)12(16-2)9-4-6-10(14)7-5-9/h4-8,12,16H,3H2,1-2H3. The molecule has 1 atom stereocenters. The Bertz CT molecular complexity index is 522. The molecular formula is C13H15BrClN3. The van der Waals surface area contributed by atoms with Gasteiger partial charge in [0, 0.05) is 11.0 Å². The van der Waals surface area contributed by atoms with Crippen LogP contribution in [0.3, 0.4) is 0 Å². The molecule has 0 aliphatic heterocycles. The predicted molar refractivity (Wildman–Crippen MR) is 78.0 cm³/mol. The number of aromatic nitrogens is 2. The zero-order chi connectivity index (χ0) is 13.1. The molecule has 0 bridgehead atoms. The summed E-state index contributed by atoms with van der Waals surface area (Å²) in [5, 5.41) is 8.27. The molecule has 0 saturated carbocycles. The molecule has 1 aromatic carbocycles. The molecule has 5 heteroatoms. The van der Waals surface area contributed by atoms with E-state index in [4.69, 9.17) is 11.6 Å². The van der Waals surface area contributed by atoms with Crippen molar-refractivity contribution in [1.29, 1.82) is 0 Å². The molecule has 0 saturated heterocycles. The lowest BCUT2D eigenvalue weighted by Crippen LogP contribution is -2.21. The van der Waals surface area contributed by atoms with E-state index in [0.29, 0.717) is 5.02 Å². The fourth-order valence-electron chi connectivity index (χ4n) is 2.03. The van der Waals surface area contributed by atoms with Gasteiger partial charge in [0.2, 0.25) is 0 Å². The molecule has 0 aliphatic rings. The van der Waals surface area contributed by atoms with Crippen LogP contribution in [-0.2, 0) is 6.54 Å². The number of halogens is 2. The normalized spacial score (nSPS) is 12.7. The third-order valence-corrected chi connectivity index (χ3v) is 3.72. The highest BCUT2D eigenvalue weighted by Gasteiger charge is 2.20. The van der Waals surface area contributed by atoms with Crippen LogP contribution in [0.15, 0.2) is 34.9 Å². The fraction of sp³-hybridized carbons (Fsp3) is 0.308. The topological polar surface area (TPSA) is 29.9 Å². The van der Waals surface area contributed by atoms with Gasteiger partial charge in [0.25, 0.3) is 0 Å². The minimum absolute atomic E-state index is 0.0491. The van der Waals surface area contributed by atoms with Gasteiger partial charge in [0.1, 0.15) is 0 Å². The lowest BCUT2D eigenvalue weighted by Gasteiger charge is -2.18. The average molecular weight is 329 g/mol. The summed E-state index contributed by atoms with van der Waals surface area (Å²) in [6, 6.07) is 8.26. The molecule has 1 heterocycles. The van der Waals surface area contributed by atoms with Crippen molar-refractivity contribution in [2.45, 2.75) is 19.5 Å². The molecular weight excluding hydrogens is 314 g/mol. The van der Waals surface area contributed by atoms with Crippen LogP contribution in [0.1, 0.15) is 24.2 Å². The average Bonchev–Trinajstić information content (AvgIpc) is 2.74. The summed E-state index contributed by atoms with van der Waals surface area (Å²) in [6.07, 6.45) is 1.70. The van der Waals surface area contributed by atoms with E-state index in [1.54, 1.807) is 6.20 Å². The van der Waals surface area contributed by atoms with Gasteiger partial charge in [0.15, 0.2) is 0 Å².